The number of hydrogen-bond donors (Lipinski definition) is 1. The SMILES string of the molecule is C#C[C@H](O)CCCCCCCCCCCCCCC. The molecule has 0 aromatic rings. The molecule has 0 fully saturated rings. The van der Waals surface area contributed by atoms with Gasteiger partial charge < -0.3 is 5.11 Å². The Bertz CT molecular complexity index is 204. The first kappa shape index (κ1) is 18.5. The molecule has 0 saturated heterocycles. The van der Waals surface area contributed by atoms with Crippen molar-refractivity contribution in [3.63, 3.8) is 0 Å². The lowest BCUT2D eigenvalue weighted by Crippen LogP contribution is -2.01. The number of hydrogen-bond acceptors (Lipinski definition) is 1. The van der Waals surface area contributed by atoms with Crippen molar-refractivity contribution < 1.29 is 5.11 Å². The third kappa shape index (κ3) is 15.5. The summed E-state index contributed by atoms with van der Waals surface area (Å²) >= 11 is 0. The van der Waals surface area contributed by atoms with E-state index in [2.05, 4.69) is 12.8 Å². The van der Waals surface area contributed by atoms with Crippen molar-refractivity contribution in [2.24, 2.45) is 0 Å². The molecule has 0 bridgehead atoms. The zero-order valence-electron chi connectivity index (χ0n) is 13.0. The normalized spacial score (nSPS) is 12.3. The van der Waals surface area contributed by atoms with Crippen molar-refractivity contribution >= 4 is 0 Å². The van der Waals surface area contributed by atoms with Crippen LogP contribution in [0.5, 0.6) is 0 Å². The molecular weight excluding hydrogens is 232 g/mol. The van der Waals surface area contributed by atoms with Crippen LogP contribution in [-0.2, 0) is 0 Å². The second kappa shape index (κ2) is 15.6. The van der Waals surface area contributed by atoms with Crippen LogP contribution in [-0.4, -0.2) is 11.2 Å². The highest BCUT2D eigenvalue weighted by molar-refractivity contribution is 4.92. The Morgan fingerprint density at radius 3 is 1.47 bits per heavy atom. The molecule has 1 heteroatoms. The first-order valence-electron chi connectivity index (χ1n) is 8.45. The third-order valence-corrected chi connectivity index (χ3v) is 3.77. The van der Waals surface area contributed by atoms with E-state index in [0.717, 1.165) is 12.8 Å². The predicted molar refractivity (Wildman–Crippen MR) is 85.2 cm³/mol. The van der Waals surface area contributed by atoms with Gasteiger partial charge in [0.25, 0.3) is 0 Å². The number of unbranched alkanes of at least 4 members (excludes halogenated alkanes) is 12. The van der Waals surface area contributed by atoms with Gasteiger partial charge in [-0.1, -0.05) is 89.9 Å². The Morgan fingerprint density at radius 1 is 0.737 bits per heavy atom. The molecular formula is C18H34O. The van der Waals surface area contributed by atoms with Gasteiger partial charge in [0, 0.05) is 0 Å². The topological polar surface area (TPSA) is 20.2 Å². The lowest BCUT2D eigenvalue weighted by molar-refractivity contribution is 0.217. The van der Waals surface area contributed by atoms with E-state index in [-0.39, 0.29) is 0 Å². The maximum Gasteiger partial charge on any atom is 0.114 e. The van der Waals surface area contributed by atoms with Crippen molar-refractivity contribution in [2.45, 2.75) is 103 Å². The van der Waals surface area contributed by atoms with Crippen LogP contribution in [0.1, 0.15) is 96.8 Å². The summed E-state index contributed by atoms with van der Waals surface area (Å²) in [6.45, 7) is 2.27. The van der Waals surface area contributed by atoms with Crippen molar-refractivity contribution in [1.82, 2.24) is 0 Å². The monoisotopic (exact) mass is 266 g/mol. The first-order chi connectivity index (χ1) is 9.31. The molecule has 0 aromatic heterocycles. The highest BCUT2D eigenvalue weighted by Gasteiger charge is 1.98. The molecule has 0 aliphatic carbocycles. The summed E-state index contributed by atoms with van der Waals surface area (Å²) in [6, 6.07) is 0. The van der Waals surface area contributed by atoms with Crippen molar-refractivity contribution in [2.75, 3.05) is 0 Å². The molecule has 0 spiro atoms. The van der Waals surface area contributed by atoms with Crippen molar-refractivity contribution in [3.8, 4) is 12.3 Å². The Hall–Kier alpha value is -0.480. The minimum absolute atomic E-state index is 0.521. The molecule has 0 aromatic carbocycles. The largest absolute Gasteiger partial charge is 0.380 e. The fourth-order valence-corrected chi connectivity index (χ4v) is 2.44. The van der Waals surface area contributed by atoms with Gasteiger partial charge in [0.1, 0.15) is 6.10 Å². The Morgan fingerprint density at radius 2 is 1.11 bits per heavy atom. The van der Waals surface area contributed by atoms with Gasteiger partial charge in [0.05, 0.1) is 0 Å². The van der Waals surface area contributed by atoms with E-state index in [4.69, 9.17) is 6.42 Å². The van der Waals surface area contributed by atoms with E-state index in [1.54, 1.807) is 0 Å². The zero-order chi connectivity index (χ0) is 14.2. The average Bonchev–Trinajstić information content (AvgIpc) is 2.43. The molecule has 0 aliphatic rings. The maximum absolute atomic E-state index is 9.20. The van der Waals surface area contributed by atoms with Crippen molar-refractivity contribution in [3.05, 3.63) is 0 Å². The Balaban J connectivity index is 2.97. The fraction of sp³-hybridized carbons (Fsp3) is 0.889. The molecule has 0 unspecified atom stereocenters. The van der Waals surface area contributed by atoms with Crippen LogP contribution in [0.25, 0.3) is 0 Å². The fourth-order valence-electron chi connectivity index (χ4n) is 2.44. The minimum Gasteiger partial charge on any atom is -0.380 e. The second-order valence-electron chi connectivity index (χ2n) is 5.71. The average molecular weight is 266 g/mol. The summed E-state index contributed by atoms with van der Waals surface area (Å²) in [5, 5.41) is 9.20. The summed E-state index contributed by atoms with van der Waals surface area (Å²) < 4.78 is 0. The Kier molecular flexibility index (Phi) is 15.2. The molecule has 0 saturated carbocycles. The molecule has 112 valence electrons. The third-order valence-electron chi connectivity index (χ3n) is 3.77. The van der Waals surface area contributed by atoms with Gasteiger partial charge in [0.2, 0.25) is 0 Å². The van der Waals surface area contributed by atoms with Crippen LogP contribution in [0.15, 0.2) is 0 Å². The molecule has 19 heavy (non-hydrogen) atoms. The number of aliphatic hydroxyl groups is 1. The smallest absolute Gasteiger partial charge is 0.114 e. The van der Waals surface area contributed by atoms with Gasteiger partial charge >= 0.3 is 0 Å². The van der Waals surface area contributed by atoms with Gasteiger partial charge in [-0.2, -0.15) is 0 Å². The van der Waals surface area contributed by atoms with Gasteiger partial charge in [-0.3, -0.25) is 0 Å². The van der Waals surface area contributed by atoms with Gasteiger partial charge in [0.15, 0.2) is 0 Å². The highest BCUT2D eigenvalue weighted by Crippen LogP contribution is 2.13. The van der Waals surface area contributed by atoms with E-state index in [1.807, 2.05) is 0 Å². The van der Waals surface area contributed by atoms with Crippen LogP contribution in [0.3, 0.4) is 0 Å². The maximum atomic E-state index is 9.20. The minimum atomic E-state index is -0.521. The van der Waals surface area contributed by atoms with Crippen LogP contribution in [0.4, 0.5) is 0 Å². The second-order valence-corrected chi connectivity index (χ2v) is 5.71. The molecule has 0 aliphatic heterocycles. The molecule has 1 nitrogen and oxygen atoms in total. The summed E-state index contributed by atoms with van der Waals surface area (Å²) in [5.74, 6) is 2.36. The standard InChI is InChI=1S/C18H34O/c1-3-5-6-7-8-9-10-11-12-13-14-15-16-17-18(19)4-2/h2,18-19H,3,5-17H2,1H3/t18-/m0/s1. The summed E-state index contributed by atoms with van der Waals surface area (Å²) in [7, 11) is 0. The number of terminal acetylenes is 1. The van der Waals surface area contributed by atoms with Crippen LogP contribution < -0.4 is 0 Å². The quantitative estimate of drug-likeness (QED) is 0.327. The lowest BCUT2D eigenvalue weighted by Gasteiger charge is -2.04. The molecule has 0 rings (SSSR count). The molecule has 1 atom stereocenters. The van der Waals surface area contributed by atoms with E-state index >= 15 is 0 Å². The molecule has 0 radical (unpaired) electrons. The highest BCUT2D eigenvalue weighted by atomic mass is 16.3. The first-order valence-corrected chi connectivity index (χ1v) is 8.45. The van der Waals surface area contributed by atoms with Crippen LogP contribution in [0, 0.1) is 12.3 Å². The van der Waals surface area contributed by atoms with E-state index in [0.29, 0.717) is 0 Å². The molecule has 0 amide bonds. The predicted octanol–water partition coefficient (Wildman–Crippen LogP) is 5.46. The van der Waals surface area contributed by atoms with Crippen LogP contribution in [0.2, 0.25) is 0 Å². The molecule has 0 heterocycles. The number of aliphatic hydroxyl groups excluding tert-OH is 1. The Labute approximate surface area is 121 Å². The summed E-state index contributed by atoms with van der Waals surface area (Å²) in [4.78, 5) is 0. The van der Waals surface area contributed by atoms with Gasteiger partial charge in [-0.05, 0) is 12.8 Å². The van der Waals surface area contributed by atoms with Crippen LogP contribution >= 0.6 is 0 Å². The van der Waals surface area contributed by atoms with Gasteiger partial charge in [-0.25, -0.2) is 0 Å². The number of rotatable bonds is 14. The van der Waals surface area contributed by atoms with Gasteiger partial charge in [-0.15, -0.1) is 6.42 Å². The van der Waals surface area contributed by atoms with E-state index < -0.39 is 6.10 Å². The molecule has 1 N–H and O–H groups in total. The van der Waals surface area contributed by atoms with E-state index in [9.17, 15) is 5.11 Å². The van der Waals surface area contributed by atoms with E-state index in [1.165, 1.54) is 77.0 Å². The lowest BCUT2D eigenvalue weighted by atomic mass is 10.0. The summed E-state index contributed by atoms with van der Waals surface area (Å²) in [6.07, 6.45) is 23.0. The summed E-state index contributed by atoms with van der Waals surface area (Å²) in [5.41, 5.74) is 0. The zero-order valence-corrected chi connectivity index (χ0v) is 13.0. The van der Waals surface area contributed by atoms with Crippen molar-refractivity contribution in [1.29, 1.82) is 0 Å².